The van der Waals surface area contributed by atoms with Crippen LogP contribution in [0.3, 0.4) is 0 Å². The van der Waals surface area contributed by atoms with E-state index in [1.807, 2.05) is 25.3 Å². The molecule has 0 atom stereocenters. The van der Waals surface area contributed by atoms with Gasteiger partial charge in [-0.25, -0.2) is 23.1 Å². The Balaban J connectivity index is 1.27. The van der Waals surface area contributed by atoms with Gasteiger partial charge in [0.25, 0.3) is 5.91 Å². The minimum absolute atomic E-state index is 0.0377. The molecule has 0 unspecified atom stereocenters. The number of carbonyl (C=O) groups excluding carboxylic acids is 1. The molecule has 0 saturated heterocycles. The fourth-order valence-corrected chi connectivity index (χ4v) is 5.07. The summed E-state index contributed by atoms with van der Waals surface area (Å²) in [7, 11) is -5.44. The van der Waals surface area contributed by atoms with Gasteiger partial charge in [-0.3, -0.25) is 9.20 Å². The Morgan fingerprint density at radius 1 is 1.05 bits per heavy atom. The molecule has 14 heteroatoms. The molecule has 1 amide bonds. The standard InChI is InChI=1S/C23H22F3N7O3S/c1-14-3-8-18-28-15(2)20(32(18)12-14)22(34)27-11-16-4-6-17(7-5-16)21-29-19-13-31(9-10-33(19)30-21)37(35,36)23(24,25)26/h3-8,12H,9-11,13H2,1-2H3,(H,27,34). The van der Waals surface area contributed by atoms with Crippen molar-refractivity contribution in [3.05, 3.63) is 70.9 Å². The van der Waals surface area contributed by atoms with E-state index < -0.39 is 22.1 Å². The molecule has 4 heterocycles. The van der Waals surface area contributed by atoms with Crippen molar-refractivity contribution in [1.82, 2.24) is 33.8 Å². The lowest BCUT2D eigenvalue weighted by atomic mass is 10.1. The first kappa shape index (κ1) is 24.9. The van der Waals surface area contributed by atoms with Crippen LogP contribution >= 0.6 is 0 Å². The Bertz CT molecular complexity index is 1610. The first-order valence-corrected chi connectivity index (χ1v) is 12.7. The molecule has 3 aromatic heterocycles. The topological polar surface area (TPSA) is 114 Å². The van der Waals surface area contributed by atoms with Gasteiger partial charge >= 0.3 is 15.5 Å². The van der Waals surface area contributed by atoms with Crippen molar-refractivity contribution >= 4 is 21.6 Å². The van der Waals surface area contributed by atoms with Gasteiger partial charge < -0.3 is 5.32 Å². The third-order valence-electron chi connectivity index (χ3n) is 6.08. The number of hydrogen-bond donors (Lipinski definition) is 1. The van der Waals surface area contributed by atoms with Crippen molar-refractivity contribution in [3.8, 4) is 11.4 Å². The highest BCUT2D eigenvalue weighted by Crippen LogP contribution is 2.29. The molecule has 0 fully saturated rings. The predicted octanol–water partition coefficient (Wildman–Crippen LogP) is 2.80. The summed E-state index contributed by atoms with van der Waals surface area (Å²) in [5.41, 5.74) is -1.18. The zero-order chi connectivity index (χ0) is 26.5. The molecule has 0 aliphatic carbocycles. The summed E-state index contributed by atoms with van der Waals surface area (Å²) < 4.78 is 65.7. The van der Waals surface area contributed by atoms with Gasteiger partial charge in [0.05, 0.1) is 18.8 Å². The number of fused-ring (bicyclic) bond motifs is 2. The van der Waals surface area contributed by atoms with Crippen LogP contribution in [0.15, 0.2) is 42.6 Å². The molecule has 10 nitrogen and oxygen atoms in total. The molecule has 1 aliphatic rings. The quantitative estimate of drug-likeness (QED) is 0.422. The van der Waals surface area contributed by atoms with Crippen LogP contribution in [-0.2, 0) is 29.7 Å². The minimum Gasteiger partial charge on any atom is -0.347 e. The van der Waals surface area contributed by atoms with E-state index in [1.54, 1.807) is 35.6 Å². The molecule has 37 heavy (non-hydrogen) atoms. The van der Waals surface area contributed by atoms with Crippen LogP contribution in [0.25, 0.3) is 17.0 Å². The van der Waals surface area contributed by atoms with E-state index >= 15 is 0 Å². The first-order valence-electron chi connectivity index (χ1n) is 11.3. The van der Waals surface area contributed by atoms with Crippen LogP contribution in [0.2, 0.25) is 0 Å². The molecule has 0 bridgehead atoms. The Labute approximate surface area is 209 Å². The third kappa shape index (κ3) is 4.57. The molecule has 4 aromatic rings. The summed E-state index contributed by atoms with van der Waals surface area (Å²) in [5, 5.41) is 7.20. The number of aryl methyl sites for hydroxylation is 2. The maximum absolute atomic E-state index is 12.9. The molecule has 1 aromatic carbocycles. The number of amides is 1. The first-order chi connectivity index (χ1) is 17.4. The Hall–Kier alpha value is -3.78. The summed E-state index contributed by atoms with van der Waals surface area (Å²) in [4.78, 5) is 21.5. The number of benzene rings is 1. The van der Waals surface area contributed by atoms with E-state index in [-0.39, 0.29) is 37.2 Å². The lowest BCUT2D eigenvalue weighted by molar-refractivity contribution is -0.0496. The maximum atomic E-state index is 12.9. The minimum atomic E-state index is -5.44. The van der Waals surface area contributed by atoms with Gasteiger partial charge in [0, 0.05) is 24.8 Å². The van der Waals surface area contributed by atoms with E-state index in [0.29, 0.717) is 26.9 Å². The molecule has 0 saturated carbocycles. The number of carbonyl (C=O) groups is 1. The highest BCUT2D eigenvalue weighted by Gasteiger charge is 2.50. The number of nitrogens with one attached hydrogen (secondary N) is 1. The lowest BCUT2D eigenvalue weighted by Crippen LogP contribution is -2.44. The molecule has 1 N–H and O–H groups in total. The average molecular weight is 534 g/mol. The van der Waals surface area contributed by atoms with Crippen LogP contribution in [0.4, 0.5) is 13.2 Å². The van der Waals surface area contributed by atoms with Crippen LogP contribution in [0, 0.1) is 13.8 Å². The monoisotopic (exact) mass is 533 g/mol. The Kier molecular flexibility index (Phi) is 6.02. The van der Waals surface area contributed by atoms with Crippen LogP contribution < -0.4 is 5.32 Å². The van der Waals surface area contributed by atoms with Gasteiger partial charge in [0.2, 0.25) is 0 Å². The smallest absolute Gasteiger partial charge is 0.347 e. The molecule has 5 rings (SSSR count). The molecular weight excluding hydrogens is 511 g/mol. The predicted molar refractivity (Wildman–Crippen MR) is 127 cm³/mol. The average Bonchev–Trinajstić information content (AvgIpc) is 3.41. The van der Waals surface area contributed by atoms with Crippen molar-refractivity contribution in [1.29, 1.82) is 0 Å². The van der Waals surface area contributed by atoms with Crippen LogP contribution in [0.5, 0.6) is 0 Å². The number of hydrogen-bond acceptors (Lipinski definition) is 6. The van der Waals surface area contributed by atoms with Crippen molar-refractivity contribution in [3.63, 3.8) is 0 Å². The zero-order valence-corrected chi connectivity index (χ0v) is 20.6. The maximum Gasteiger partial charge on any atom is 0.511 e. The molecule has 1 aliphatic heterocycles. The summed E-state index contributed by atoms with van der Waals surface area (Å²) in [6.45, 7) is 3.08. The lowest BCUT2D eigenvalue weighted by Gasteiger charge is -2.26. The summed E-state index contributed by atoms with van der Waals surface area (Å²) >= 11 is 0. The van der Waals surface area contributed by atoms with Crippen molar-refractivity contribution in [2.75, 3.05) is 6.54 Å². The second-order valence-electron chi connectivity index (χ2n) is 8.72. The number of nitrogens with zero attached hydrogens (tertiary/aromatic N) is 6. The summed E-state index contributed by atoms with van der Waals surface area (Å²) in [5.74, 6) is 0.138. The second kappa shape index (κ2) is 8.95. The van der Waals surface area contributed by atoms with Crippen molar-refractivity contribution in [2.24, 2.45) is 0 Å². The number of alkyl halides is 3. The van der Waals surface area contributed by atoms with Gasteiger partial charge in [-0.2, -0.15) is 22.6 Å². The second-order valence-corrected chi connectivity index (χ2v) is 10.6. The molecular formula is C23H22F3N7O3S. The molecule has 194 valence electrons. The van der Waals surface area contributed by atoms with Gasteiger partial charge in [0.15, 0.2) is 5.82 Å². The van der Waals surface area contributed by atoms with Gasteiger partial charge in [-0.1, -0.05) is 30.3 Å². The van der Waals surface area contributed by atoms with E-state index in [9.17, 15) is 26.4 Å². The fraction of sp³-hybridized carbons (Fsp3) is 0.304. The fourth-order valence-electron chi connectivity index (χ4n) is 4.17. The van der Waals surface area contributed by atoms with Crippen LogP contribution in [0.1, 0.15) is 33.1 Å². The number of halogens is 3. The highest BCUT2D eigenvalue weighted by molar-refractivity contribution is 7.89. The van der Waals surface area contributed by atoms with Crippen molar-refractivity contribution in [2.45, 2.75) is 39.0 Å². The zero-order valence-electron chi connectivity index (χ0n) is 19.8. The van der Waals surface area contributed by atoms with Crippen LogP contribution in [-0.4, -0.2) is 54.8 Å². The largest absolute Gasteiger partial charge is 0.511 e. The Morgan fingerprint density at radius 2 is 1.78 bits per heavy atom. The number of imidazole rings is 1. The number of aromatic nitrogens is 5. The Morgan fingerprint density at radius 3 is 2.49 bits per heavy atom. The van der Waals surface area contributed by atoms with Crippen molar-refractivity contribution < 1.29 is 26.4 Å². The van der Waals surface area contributed by atoms with Gasteiger partial charge in [-0.05, 0) is 31.0 Å². The normalized spacial score (nSPS) is 14.6. The summed E-state index contributed by atoms with van der Waals surface area (Å²) in [6.07, 6.45) is 1.86. The van der Waals surface area contributed by atoms with E-state index in [0.717, 1.165) is 11.1 Å². The molecule has 0 radical (unpaired) electrons. The van der Waals surface area contributed by atoms with Gasteiger partial charge in [-0.15, -0.1) is 0 Å². The number of pyridine rings is 1. The van der Waals surface area contributed by atoms with E-state index in [1.165, 1.54) is 4.68 Å². The van der Waals surface area contributed by atoms with E-state index in [4.69, 9.17) is 0 Å². The molecule has 0 spiro atoms. The van der Waals surface area contributed by atoms with E-state index in [2.05, 4.69) is 20.4 Å². The number of sulfonamides is 1. The van der Waals surface area contributed by atoms with Gasteiger partial charge in [0.1, 0.15) is 17.2 Å². The third-order valence-corrected chi connectivity index (χ3v) is 7.66. The highest BCUT2D eigenvalue weighted by atomic mass is 32.2. The number of rotatable bonds is 5. The summed E-state index contributed by atoms with van der Waals surface area (Å²) in [6, 6.07) is 10.8. The SMILES string of the molecule is Cc1ccc2nc(C)c(C(=O)NCc3ccc(-c4nc5n(n4)CCN(S(=O)(=O)C(F)(F)F)C5)cc3)n2c1.